The Hall–Kier alpha value is -2.58. The maximum absolute atomic E-state index is 12.9. The van der Waals surface area contributed by atoms with Crippen molar-refractivity contribution in [2.45, 2.75) is 31.8 Å². The number of fused-ring (bicyclic) bond motifs is 1. The molecule has 7 nitrogen and oxygen atoms in total. The highest BCUT2D eigenvalue weighted by Gasteiger charge is 2.29. The van der Waals surface area contributed by atoms with Gasteiger partial charge in [0.25, 0.3) is 5.91 Å². The van der Waals surface area contributed by atoms with Gasteiger partial charge < -0.3 is 14.8 Å². The maximum atomic E-state index is 12.9. The second-order valence-corrected chi connectivity index (χ2v) is 8.13. The summed E-state index contributed by atoms with van der Waals surface area (Å²) >= 11 is 1.52. The number of piperidine rings is 1. The Morgan fingerprint density at radius 2 is 1.93 bits per heavy atom. The fourth-order valence-electron chi connectivity index (χ4n) is 4.00. The number of nitrogens with one attached hydrogen (secondary N) is 1. The third kappa shape index (κ3) is 3.22. The Morgan fingerprint density at radius 1 is 1.11 bits per heavy atom. The van der Waals surface area contributed by atoms with Crippen LogP contribution in [0, 0.1) is 0 Å². The molecule has 2 aromatic heterocycles. The summed E-state index contributed by atoms with van der Waals surface area (Å²) in [5.41, 5.74) is 1.60. The first-order chi connectivity index (χ1) is 13.8. The fraction of sp³-hybridized carbons (Fsp3) is 0.400. The molecule has 0 bridgehead atoms. The lowest BCUT2D eigenvalue weighted by atomic mass is 9.95. The van der Waals surface area contributed by atoms with Crippen LogP contribution in [-0.4, -0.2) is 50.2 Å². The topological polar surface area (TPSA) is 75.9 Å². The molecule has 144 valence electrons. The van der Waals surface area contributed by atoms with Crippen LogP contribution in [0.25, 0.3) is 10.6 Å². The second kappa shape index (κ2) is 7.44. The van der Waals surface area contributed by atoms with Gasteiger partial charge in [0.05, 0.1) is 6.54 Å². The van der Waals surface area contributed by atoms with Gasteiger partial charge in [0.1, 0.15) is 22.4 Å². The molecule has 1 fully saturated rings. The third-order valence-electron chi connectivity index (χ3n) is 5.54. The largest absolute Gasteiger partial charge is 0.337 e. The molecule has 1 amide bonds. The average molecular weight is 395 g/mol. The van der Waals surface area contributed by atoms with Gasteiger partial charge >= 0.3 is 0 Å². The highest BCUT2D eigenvalue weighted by atomic mass is 32.1. The van der Waals surface area contributed by atoms with Crippen LogP contribution in [0.2, 0.25) is 0 Å². The molecular formula is C20H22N6OS. The molecule has 1 saturated heterocycles. The van der Waals surface area contributed by atoms with E-state index in [0.29, 0.717) is 11.6 Å². The van der Waals surface area contributed by atoms with E-state index in [9.17, 15) is 4.79 Å². The Bertz CT molecular complexity index is 974. The lowest BCUT2D eigenvalue weighted by Crippen LogP contribution is -2.39. The molecule has 0 atom stereocenters. The molecule has 1 N–H and O–H groups in total. The monoisotopic (exact) mass is 394 g/mol. The molecule has 0 saturated carbocycles. The number of carbonyl (C=O) groups is 1. The molecule has 1 aromatic carbocycles. The molecule has 28 heavy (non-hydrogen) atoms. The number of amides is 1. The minimum absolute atomic E-state index is 0.0318. The van der Waals surface area contributed by atoms with Crippen LogP contribution in [0.5, 0.6) is 0 Å². The van der Waals surface area contributed by atoms with E-state index in [1.807, 2.05) is 40.6 Å². The molecule has 0 radical (unpaired) electrons. The predicted molar refractivity (Wildman–Crippen MR) is 107 cm³/mol. The number of aromatic nitrogens is 4. The number of carbonyl (C=O) groups excluding carboxylic acids is 1. The summed E-state index contributed by atoms with van der Waals surface area (Å²) in [6, 6.07) is 10.0. The first-order valence-corrected chi connectivity index (χ1v) is 10.6. The zero-order chi connectivity index (χ0) is 18.9. The summed E-state index contributed by atoms with van der Waals surface area (Å²) in [7, 11) is 0. The van der Waals surface area contributed by atoms with Crippen molar-refractivity contribution in [2.24, 2.45) is 0 Å². The fourth-order valence-corrected chi connectivity index (χ4v) is 4.80. The van der Waals surface area contributed by atoms with E-state index in [-0.39, 0.29) is 5.91 Å². The van der Waals surface area contributed by atoms with Gasteiger partial charge in [-0.05, 0) is 12.8 Å². The number of benzene rings is 1. The molecule has 8 heteroatoms. The molecule has 0 unspecified atom stereocenters. The normalized spacial score (nSPS) is 17.5. The first-order valence-electron chi connectivity index (χ1n) is 9.72. The van der Waals surface area contributed by atoms with Crippen LogP contribution in [0.15, 0.2) is 35.7 Å². The Balaban J connectivity index is 1.25. The van der Waals surface area contributed by atoms with Crippen LogP contribution < -0.4 is 5.32 Å². The van der Waals surface area contributed by atoms with Gasteiger partial charge in [-0.2, -0.15) is 0 Å². The molecule has 0 aliphatic carbocycles. The van der Waals surface area contributed by atoms with Crippen molar-refractivity contribution in [3.8, 4) is 10.6 Å². The third-order valence-corrected chi connectivity index (χ3v) is 6.43. The SMILES string of the molecule is O=C(c1csc(-c2ccccc2)n1)N1CCC(c2nnc3n2CCNC3)CC1. The van der Waals surface area contributed by atoms with Gasteiger partial charge in [0, 0.05) is 43.0 Å². The summed E-state index contributed by atoms with van der Waals surface area (Å²) in [5.74, 6) is 2.52. The molecule has 4 heterocycles. The van der Waals surface area contributed by atoms with Crippen LogP contribution in [0.3, 0.4) is 0 Å². The van der Waals surface area contributed by atoms with E-state index >= 15 is 0 Å². The molecule has 2 aliphatic heterocycles. The average Bonchev–Trinajstić information content (AvgIpc) is 3.42. The molecule has 3 aromatic rings. The van der Waals surface area contributed by atoms with Crippen molar-refractivity contribution < 1.29 is 4.79 Å². The lowest BCUT2D eigenvalue weighted by molar-refractivity contribution is 0.0705. The van der Waals surface area contributed by atoms with Crippen molar-refractivity contribution >= 4 is 17.2 Å². The van der Waals surface area contributed by atoms with Crippen LogP contribution in [0.4, 0.5) is 0 Å². The second-order valence-electron chi connectivity index (χ2n) is 7.27. The summed E-state index contributed by atoms with van der Waals surface area (Å²) in [6.07, 6.45) is 1.85. The van der Waals surface area contributed by atoms with E-state index in [1.165, 1.54) is 11.3 Å². The van der Waals surface area contributed by atoms with Crippen molar-refractivity contribution in [3.63, 3.8) is 0 Å². The van der Waals surface area contributed by atoms with Crippen molar-refractivity contribution in [3.05, 3.63) is 53.1 Å². The Morgan fingerprint density at radius 3 is 2.75 bits per heavy atom. The standard InChI is InChI=1S/C20H22N6OS/c27-20(16-13-28-19(22-16)15-4-2-1-3-5-15)25-9-6-14(7-10-25)18-24-23-17-12-21-8-11-26(17)18/h1-5,13-14,21H,6-12H2. The van der Waals surface area contributed by atoms with Crippen molar-refractivity contribution in [1.29, 1.82) is 0 Å². The summed E-state index contributed by atoms with van der Waals surface area (Å²) in [6.45, 7) is 4.16. The van der Waals surface area contributed by atoms with E-state index in [0.717, 1.165) is 67.8 Å². The molecule has 2 aliphatic rings. The molecule has 5 rings (SSSR count). The summed E-state index contributed by atoms with van der Waals surface area (Å²) < 4.78 is 2.26. The zero-order valence-electron chi connectivity index (χ0n) is 15.5. The highest BCUT2D eigenvalue weighted by Crippen LogP contribution is 2.29. The van der Waals surface area contributed by atoms with Crippen LogP contribution in [-0.2, 0) is 13.1 Å². The number of thiazole rings is 1. The lowest BCUT2D eigenvalue weighted by Gasteiger charge is -2.31. The quantitative estimate of drug-likeness (QED) is 0.739. The number of likely N-dealkylation sites (tertiary alicyclic amines) is 1. The first kappa shape index (κ1) is 17.5. The highest BCUT2D eigenvalue weighted by molar-refractivity contribution is 7.13. The van der Waals surface area contributed by atoms with E-state index in [4.69, 9.17) is 0 Å². The van der Waals surface area contributed by atoms with E-state index in [1.54, 1.807) is 0 Å². The summed E-state index contributed by atoms with van der Waals surface area (Å²) in [4.78, 5) is 19.4. The zero-order valence-corrected chi connectivity index (χ0v) is 16.4. The van der Waals surface area contributed by atoms with Gasteiger partial charge in [-0.1, -0.05) is 30.3 Å². The molecule has 0 spiro atoms. The number of rotatable bonds is 3. The number of hydrogen-bond donors (Lipinski definition) is 1. The van der Waals surface area contributed by atoms with Gasteiger partial charge in [-0.3, -0.25) is 4.79 Å². The van der Waals surface area contributed by atoms with Crippen molar-refractivity contribution in [2.75, 3.05) is 19.6 Å². The number of hydrogen-bond acceptors (Lipinski definition) is 6. The Kier molecular flexibility index (Phi) is 4.66. The van der Waals surface area contributed by atoms with Crippen molar-refractivity contribution in [1.82, 2.24) is 30.0 Å². The van der Waals surface area contributed by atoms with Crippen LogP contribution >= 0.6 is 11.3 Å². The molecular weight excluding hydrogens is 372 g/mol. The van der Waals surface area contributed by atoms with E-state index in [2.05, 4.69) is 25.1 Å². The minimum Gasteiger partial charge on any atom is -0.337 e. The van der Waals surface area contributed by atoms with Gasteiger partial charge in [-0.25, -0.2) is 4.98 Å². The van der Waals surface area contributed by atoms with Crippen LogP contribution in [0.1, 0.15) is 40.9 Å². The van der Waals surface area contributed by atoms with Gasteiger partial charge in [-0.15, -0.1) is 21.5 Å². The summed E-state index contributed by atoms with van der Waals surface area (Å²) in [5, 5.41) is 14.9. The van der Waals surface area contributed by atoms with Gasteiger partial charge in [0.15, 0.2) is 0 Å². The minimum atomic E-state index is 0.0318. The smallest absolute Gasteiger partial charge is 0.273 e. The predicted octanol–water partition coefficient (Wildman–Crippen LogP) is 2.52. The maximum Gasteiger partial charge on any atom is 0.273 e. The van der Waals surface area contributed by atoms with Gasteiger partial charge in [0.2, 0.25) is 0 Å². The van der Waals surface area contributed by atoms with E-state index < -0.39 is 0 Å². The Labute approximate surface area is 167 Å². The number of nitrogens with zero attached hydrogens (tertiary/aromatic N) is 5.